The fourth-order valence-electron chi connectivity index (χ4n) is 2.13. The fourth-order valence-corrected chi connectivity index (χ4v) is 2.13. The lowest BCUT2D eigenvalue weighted by atomic mass is 9.84. The third-order valence-electron chi connectivity index (χ3n) is 3.09. The van der Waals surface area contributed by atoms with Crippen molar-refractivity contribution in [3.63, 3.8) is 0 Å². The van der Waals surface area contributed by atoms with E-state index in [1.807, 2.05) is 0 Å². The number of aliphatic hydroxyl groups excluding tert-OH is 1. The summed E-state index contributed by atoms with van der Waals surface area (Å²) in [5.41, 5.74) is -0.912. The van der Waals surface area contributed by atoms with Gasteiger partial charge in [0.25, 0.3) is 0 Å². The van der Waals surface area contributed by atoms with Gasteiger partial charge in [-0.15, -0.1) is 0 Å². The Bertz CT molecular complexity index is 497. The van der Waals surface area contributed by atoms with E-state index in [2.05, 4.69) is 4.74 Å². The van der Waals surface area contributed by atoms with Crippen LogP contribution in [-0.2, 0) is 16.0 Å². The first-order chi connectivity index (χ1) is 8.05. The van der Waals surface area contributed by atoms with E-state index in [4.69, 9.17) is 0 Å². The lowest BCUT2D eigenvalue weighted by Crippen LogP contribution is -2.41. The van der Waals surface area contributed by atoms with Gasteiger partial charge in [-0.25, -0.2) is 4.39 Å². The van der Waals surface area contributed by atoms with E-state index in [-0.39, 0.29) is 12.0 Å². The van der Waals surface area contributed by atoms with Crippen LogP contribution in [0.25, 0.3) is 0 Å². The van der Waals surface area contributed by atoms with E-state index in [1.165, 1.54) is 12.1 Å². The van der Waals surface area contributed by atoms with Gasteiger partial charge in [-0.05, 0) is 24.1 Å². The maximum Gasteiger partial charge on any atom is 0.322 e. The van der Waals surface area contributed by atoms with Crippen LogP contribution < -0.4 is 0 Å². The summed E-state index contributed by atoms with van der Waals surface area (Å²) < 4.78 is 17.6. The topological polar surface area (TPSA) is 63.6 Å². The first-order valence-electron chi connectivity index (χ1n) is 5.07. The van der Waals surface area contributed by atoms with E-state index in [1.54, 1.807) is 0 Å². The maximum absolute atomic E-state index is 13.0. The van der Waals surface area contributed by atoms with E-state index in [0.29, 0.717) is 5.56 Å². The molecule has 1 aliphatic rings. The molecule has 1 aliphatic carbocycles. The smallest absolute Gasteiger partial charge is 0.322 e. The van der Waals surface area contributed by atoms with Gasteiger partial charge in [-0.1, -0.05) is 6.07 Å². The van der Waals surface area contributed by atoms with Gasteiger partial charge in [0.2, 0.25) is 0 Å². The molecule has 0 heterocycles. The molecule has 0 bridgehead atoms. The standard InChI is InChI=1S/C12H11FO4/c1-17-11(16)12(6-14)5-7-2-3-8(13)4-9(7)10(12)15/h2-4,14H,5-6H2,1H3. The number of ether oxygens (including phenoxy) is 1. The Morgan fingerprint density at radius 1 is 1.59 bits per heavy atom. The predicted octanol–water partition coefficient (Wildman–Crippen LogP) is 0.716. The number of benzene rings is 1. The van der Waals surface area contributed by atoms with Crippen LogP contribution in [0.5, 0.6) is 0 Å². The molecule has 0 saturated carbocycles. The zero-order chi connectivity index (χ0) is 12.6. The highest BCUT2D eigenvalue weighted by Gasteiger charge is 2.52. The van der Waals surface area contributed by atoms with E-state index >= 15 is 0 Å². The average Bonchev–Trinajstić information content (AvgIpc) is 2.63. The summed E-state index contributed by atoms with van der Waals surface area (Å²) in [6.07, 6.45) is 0.0462. The van der Waals surface area contributed by atoms with Crippen molar-refractivity contribution in [2.75, 3.05) is 13.7 Å². The van der Waals surface area contributed by atoms with Gasteiger partial charge < -0.3 is 9.84 Å². The monoisotopic (exact) mass is 238 g/mol. The van der Waals surface area contributed by atoms with E-state index in [9.17, 15) is 19.1 Å². The molecule has 90 valence electrons. The van der Waals surface area contributed by atoms with E-state index in [0.717, 1.165) is 13.2 Å². The Morgan fingerprint density at radius 2 is 2.29 bits per heavy atom. The molecular weight excluding hydrogens is 227 g/mol. The van der Waals surface area contributed by atoms with Crippen molar-refractivity contribution in [1.82, 2.24) is 0 Å². The number of halogens is 1. The number of hydrogen-bond acceptors (Lipinski definition) is 4. The third kappa shape index (κ3) is 1.54. The number of carbonyl (C=O) groups is 2. The molecule has 0 spiro atoms. The van der Waals surface area contributed by atoms with Crippen molar-refractivity contribution in [1.29, 1.82) is 0 Å². The molecule has 0 aliphatic heterocycles. The normalized spacial score (nSPS) is 22.4. The number of rotatable bonds is 2. The minimum absolute atomic E-state index is 0.0462. The van der Waals surface area contributed by atoms with Crippen LogP contribution in [-0.4, -0.2) is 30.6 Å². The second kappa shape index (κ2) is 3.92. The van der Waals surface area contributed by atoms with Crippen molar-refractivity contribution in [2.45, 2.75) is 6.42 Å². The van der Waals surface area contributed by atoms with Gasteiger partial charge in [0.1, 0.15) is 5.82 Å². The van der Waals surface area contributed by atoms with Crippen LogP contribution in [0, 0.1) is 11.2 Å². The van der Waals surface area contributed by atoms with Crippen LogP contribution in [0.3, 0.4) is 0 Å². The Morgan fingerprint density at radius 3 is 2.88 bits per heavy atom. The molecule has 5 heteroatoms. The minimum atomic E-state index is -1.61. The molecule has 1 unspecified atom stereocenters. The number of esters is 1. The summed E-state index contributed by atoms with van der Waals surface area (Å²) in [6, 6.07) is 3.75. The van der Waals surface area contributed by atoms with Crippen molar-refractivity contribution in [3.8, 4) is 0 Å². The first kappa shape index (κ1) is 11.7. The SMILES string of the molecule is COC(=O)C1(CO)Cc2ccc(F)cc2C1=O. The summed E-state index contributed by atoms with van der Waals surface area (Å²) in [7, 11) is 1.15. The zero-order valence-corrected chi connectivity index (χ0v) is 9.20. The van der Waals surface area contributed by atoms with Crippen LogP contribution >= 0.6 is 0 Å². The second-order valence-electron chi connectivity index (χ2n) is 4.04. The van der Waals surface area contributed by atoms with Crippen molar-refractivity contribution in [3.05, 3.63) is 35.1 Å². The number of aliphatic hydroxyl groups is 1. The molecule has 1 atom stereocenters. The highest BCUT2D eigenvalue weighted by atomic mass is 19.1. The van der Waals surface area contributed by atoms with Gasteiger partial charge in [-0.2, -0.15) is 0 Å². The van der Waals surface area contributed by atoms with Gasteiger partial charge in [-0.3, -0.25) is 9.59 Å². The number of hydrogen-bond donors (Lipinski definition) is 1. The summed E-state index contributed by atoms with van der Waals surface area (Å²) in [4.78, 5) is 23.7. The van der Waals surface area contributed by atoms with Crippen LogP contribution in [0.1, 0.15) is 15.9 Å². The van der Waals surface area contributed by atoms with Crippen molar-refractivity contribution >= 4 is 11.8 Å². The number of fused-ring (bicyclic) bond motifs is 1. The average molecular weight is 238 g/mol. The maximum atomic E-state index is 13.0. The largest absolute Gasteiger partial charge is 0.468 e. The lowest BCUT2D eigenvalue weighted by molar-refractivity contribution is -0.151. The summed E-state index contributed by atoms with van der Waals surface area (Å²) in [5.74, 6) is -1.92. The predicted molar refractivity (Wildman–Crippen MR) is 56.0 cm³/mol. The summed E-state index contributed by atoms with van der Waals surface area (Å²) in [6.45, 7) is -0.644. The molecule has 0 aromatic heterocycles. The number of ketones is 1. The lowest BCUT2D eigenvalue weighted by Gasteiger charge is -2.20. The quantitative estimate of drug-likeness (QED) is 0.609. The van der Waals surface area contributed by atoms with E-state index < -0.39 is 29.6 Å². The number of methoxy groups -OCH3 is 1. The third-order valence-corrected chi connectivity index (χ3v) is 3.09. The molecular formula is C12H11FO4. The summed E-state index contributed by atoms with van der Waals surface area (Å²) in [5, 5.41) is 9.31. The highest BCUT2D eigenvalue weighted by Crippen LogP contribution is 2.37. The number of carbonyl (C=O) groups excluding carboxylic acids is 2. The Balaban J connectivity index is 2.52. The molecule has 1 aromatic rings. The minimum Gasteiger partial charge on any atom is -0.468 e. The molecule has 1 aromatic carbocycles. The number of Topliss-reactive ketones (excluding diaryl/α,β-unsaturated/α-hetero) is 1. The van der Waals surface area contributed by atoms with Gasteiger partial charge in [0.05, 0.1) is 13.7 Å². The molecule has 0 radical (unpaired) electrons. The summed E-state index contributed by atoms with van der Waals surface area (Å²) >= 11 is 0. The Labute approximate surface area is 97.0 Å². The molecule has 0 saturated heterocycles. The second-order valence-corrected chi connectivity index (χ2v) is 4.04. The Kier molecular flexibility index (Phi) is 2.71. The van der Waals surface area contributed by atoms with Gasteiger partial charge >= 0.3 is 5.97 Å². The molecule has 17 heavy (non-hydrogen) atoms. The molecule has 0 fully saturated rings. The van der Waals surface area contributed by atoms with Crippen LogP contribution in [0.2, 0.25) is 0 Å². The van der Waals surface area contributed by atoms with Crippen LogP contribution in [0.4, 0.5) is 4.39 Å². The van der Waals surface area contributed by atoms with Gasteiger partial charge in [0, 0.05) is 5.56 Å². The highest BCUT2D eigenvalue weighted by molar-refractivity contribution is 6.16. The molecule has 0 amide bonds. The first-order valence-corrected chi connectivity index (χ1v) is 5.07. The van der Waals surface area contributed by atoms with Crippen molar-refractivity contribution < 1.29 is 23.8 Å². The zero-order valence-electron chi connectivity index (χ0n) is 9.20. The van der Waals surface area contributed by atoms with Crippen LogP contribution in [0.15, 0.2) is 18.2 Å². The molecule has 4 nitrogen and oxygen atoms in total. The van der Waals surface area contributed by atoms with Gasteiger partial charge in [0.15, 0.2) is 11.2 Å². The molecule has 2 rings (SSSR count). The Hall–Kier alpha value is -1.75. The molecule has 1 N–H and O–H groups in total. The fraction of sp³-hybridized carbons (Fsp3) is 0.333. The van der Waals surface area contributed by atoms with Crippen molar-refractivity contribution in [2.24, 2.45) is 5.41 Å².